The van der Waals surface area contributed by atoms with Crippen molar-refractivity contribution in [2.75, 3.05) is 13.1 Å². The zero-order chi connectivity index (χ0) is 13.9. The first-order valence-electron chi connectivity index (χ1n) is 7.43. The van der Waals surface area contributed by atoms with Crippen molar-refractivity contribution < 1.29 is 0 Å². The Morgan fingerprint density at radius 2 is 2.32 bits per heavy atom. The standard InChI is InChI=1S/C16H27N3/c1-5-16(4)12-19(14(3)8-10-18-16)11-15-13(2)7-6-9-17-15/h6-7,9,14,18H,5,8,10-12H2,1-4H3. The van der Waals surface area contributed by atoms with E-state index in [0.717, 1.165) is 26.1 Å². The molecule has 0 aliphatic carbocycles. The molecular formula is C16H27N3. The van der Waals surface area contributed by atoms with Gasteiger partial charge in [0, 0.05) is 30.9 Å². The number of aryl methyl sites for hydroxylation is 1. The van der Waals surface area contributed by atoms with Crippen molar-refractivity contribution in [1.29, 1.82) is 0 Å². The first-order valence-corrected chi connectivity index (χ1v) is 7.43. The first-order chi connectivity index (χ1) is 9.04. The van der Waals surface area contributed by atoms with E-state index in [1.54, 1.807) is 0 Å². The highest BCUT2D eigenvalue weighted by Gasteiger charge is 2.30. The molecule has 0 radical (unpaired) electrons. The Balaban J connectivity index is 2.14. The minimum absolute atomic E-state index is 0.230. The monoisotopic (exact) mass is 261 g/mol. The largest absolute Gasteiger partial charge is 0.310 e. The lowest BCUT2D eigenvalue weighted by Crippen LogP contribution is -2.49. The van der Waals surface area contributed by atoms with Crippen molar-refractivity contribution in [2.24, 2.45) is 0 Å². The number of rotatable bonds is 3. The Labute approximate surface area is 117 Å². The Kier molecular flexibility index (Phi) is 4.58. The topological polar surface area (TPSA) is 28.2 Å². The van der Waals surface area contributed by atoms with Crippen LogP contribution in [-0.2, 0) is 6.54 Å². The molecule has 3 heteroatoms. The molecule has 2 heterocycles. The van der Waals surface area contributed by atoms with Gasteiger partial charge in [0.05, 0.1) is 5.69 Å². The van der Waals surface area contributed by atoms with Gasteiger partial charge in [0.2, 0.25) is 0 Å². The van der Waals surface area contributed by atoms with Crippen LogP contribution in [0.3, 0.4) is 0 Å². The summed E-state index contributed by atoms with van der Waals surface area (Å²) in [4.78, 5) is 7.13. The van der Waals surface area contributed by atoms with Crippen molar-refractivity contribution in [2.45, 2.75) is 58.7 Å². The van der Waals surface area contributed by atoms with Gasteiger partial charge < -0.3 is 5.32 Å². The lowest BCUT2D eigenvalue weighted by molar-refractivity contribution is 0.161. The molecule has 1 aliphatic heterocycles. The highest BCUT2D eigenvalue weighted by atomic mass is 15.2. The van der Waals surface area contributed by atoms with Gasteiger partial charge >= 0.3 is 0 Å². The quantitative estimate of drug-likeness (QED) is 0.907. The van der Waals surface area contributed by atoms with Crippen molar-refractivity contribution in [1.82, 2.24) is 15.2 Å². The van der Waals surface area contributed by atoms with Gasteiger partial charge in [-0.1, -0.05) is 13.0 Å². The molecule has 19 heavy (non-hydrogen) atoms. The zero-order valence-electron chi connectivity index (χ0n) is 12.7. The summed E-state index contributed by atoms with van der Waals surface area (Å²) < 4.78 is 0. The van der Waals surface area contributed by atoms with E-state index < -0.39 is 0 Å². The van der Waals surface area contributed by atoms with Gasteiger partial charge in [0.1, 0.15) is 0 Å². The van der Waals surface area contributed by atoms with E-state index in [1.165, 1.54) is 17.7 Å². The van der Waals surface area contributed by atoms with Crippen LogP contribution >= 0.6 is 0 Å². The second kappa shape index (κ2) is 6.02. The van der Waals surface area contributed by atoms with E-state index in [4.69, 9.17) is 0 Å². The maximum absolute atomic E-state index is 4.55. The second-order valence-electron chi connectivity index (χ2n) is 6.15. The molecule has 2 rings (SSSR count). The Bertz CT molecular complexity index is 418. The summed E-state index contributed by atoms with van der Waals surface area (Å²) in [6, 6.07) is 4.78. The lowest BCUT2D eigenvalue weighted by Gasteiger charge is -2.34. The summed E-state index contributed by atoms with van der Waals surface area (Å²) in [6.45, 7) is 12.3. The minimum atomic E-state index is 0.230. The third kappa shape index (κ3) is 3.54. The molecule has 1 aromatic rings. The summed E-state index contributed by atoms with van der Waals surface area (Å²) in [5.74, 6) is 0. The number of nitrogens with zero attached hydrogens (tertiary/aromatic N) is 2. The van der Waals surface area contributed by atoms with E-state index in [-0.39, 0.29) is 5.54 Å². The van der Waals surface area contributed by atoms with Crippen LogP contribution in [0.2, 0.25) is 0 Å². The Morgan fingerprint density at radius 3 is 3.00 bits per heavy atom. The molecule has 0 spiro atoms. The van der Waals surface area contributed by atoms with Gasteiger partial charge in [-0.2, -0.15) is 0 Å². The summed E-state index contributed by atoms with van der Waals surface area (Å²) in [5, 5.41) is 3.71. The first kappa shape index (κ1) is 14.5. The highest BCUT2D eigenvalue weighted by molar-refractivity contribution is 5.17. The SMILES string of the molecule is CCC1(C)CN(Cc2ncccc2C)C(C)CCN1. The van der Waals surface area contributed by atoms with Gasteiger partial charge in [-0.05, 0) is 51.8 Å². The molecule has 0 bridgehead atoms. The summed E-state index contributed by atoms with van der Waals surface area (Å²) in [5.41, 5.74) is 2.74. The zero-order valence-corrected chi connectivity index (χ0v) is 12.7. The summed E-state index contributed by atoms with van der Waals surface area (Å²) in [6.07, 6.45) is 4.28. The van der Waals surface area contributed by atoms with E-state index >= 15 is 0 Å². The van der Waals surface area contributed by atoms with Crippen molar-refractivity contribution in [3.05, 3.63) is 29.6 Å². The van der Waals surface area contributed by atoms with E-state index in [0.29, 0.717) is 6.04 Å². The Hall–Kier alpha value is -0.930. The predicted molar refractivity (Wildman–Crippen MR) is 80.2 cm³/mol. The molecule has 0 aromatic carbocycles. The van der Waals surface area contributed by atoms with Crippen LogP contribution < -0.4 is 5.32 Å². The average Bonchev–Trinajstić information content (AvgIpc) is 2.53. The Morgan fingerprint density at radius 1 is 1.53 bits per heavy atom. The van der Waals surface area contributed by atoms with Gasteiger partial charge in [-0.15, -0.1) is 0 Å². The van der Waals surface area contributed by atoms with Crippen molar-refractivity contribution >= 4 is 0 Å². The predicted octanol–water partition coefficient (Wildman–Crippen LogP) is 2.74. The molecular weight excluding hydrogens is 234 g/mol. The second-order valence-corrected chi connectivity index (χ2v) is 6.15. The fourth-order valence-corrected chi connectivity index (χ4v) is 2.75. The molecule has 0 amide bonds. The molecule has 1 aromatic heterocycles. The molecule has 0 saturated carbocycles. The molecule has 1 aliphatic rings. The number of aromatic nitrogens is 1. The van der Waals surface area contributed by atoms with E-state index in [2.05, 4.69) is 49.0 Å². The molecule has 1 fully saturated rings. The molecule has 2 unspecified atom stereocenters. The van der Waals surface area contributed by atoms with Crippen LogP contribution in [-0.4, -0.2) is 34.6 Å². The van der Waals surface area contributed by atoms with Crippen LogP contribution in [0, 0.1) is 6.92 Å². The molecule has 106 valence electrons. The van der Waals surface area contributed by atoms with Crippen LogP contribution in [0.15, 0.2) is 18.3 Å². The van der Waals surface area contributed by atoms with Gasteiger partial charge in [-0.25, -0.2) is 0 Å². The molecule has 3 nitrogen and oxygen atoms in total. The smallest absolute Gasteiger partial charge is 0.0573 e. The van der Waals surface area contributed by atoms with Crippen LogP contribution in [0.25, 0.3) is 0 Å². The number of hydrogen-bond donors (Lipinski definition) is 1. The van der Waals surface area contributed by atoms with E-state index in [9.17, 15) is 0 Å². The van der Waals surface area contributed by atoms with Gasteiger partial charge in [-0.3, -0.25) is 9.88 Å². The van der Waals surface area contributed by atoms with Crippen LogP contribution in [0.5, 0.6) is 0 Å². The molecule has 1 N–H and O–H groups in total. The third-order valence-corrected chi connectivity index (χ3v) is 4.54. The minimum Gasteiger partial charge on any atom is -0.310 e. The van der Waals surface area contributed by atoms with Crippen molar-refractivity contribution in [3.63, 3.8) is 0 Å². The molecule has 2 atom stereocenters. The third-order valence-electron chi connectivity index (χ3n) is 4.54. The number of nitrogens with one attached hydrogen (secondary N) is 1. The van der Waals surface area contributed by atoms with Crippen LogP contribution in [0.1, 0.15) is 44.9 Å². The average molecular weight is 261 g/mol. The summed E-state index contributed by atoms with van der Waals surface area (Å²) >= 11 is 0. The normalized spacial score (nSPS) is 29.2. The summed E-state index contributed by atoms with van der Waals surface area (Å²) in [7, 11) is 0. The molecule has 1 saturated heterocycles. The fraction of sp³-hybridized carbons (Fsp3) is 0.688. The van der Waals surface area contributed by atoms with Crippen LogP contribution in [0.4, 0.5) is 0 Å². The van der Waals surface area contributed by atoms with Crippen molar-refractivity contribution in [3.8, 4) is 0 Å². The van der Waals surface area contributed by atoms with Gasteiger partial charge in [0.25, 0.3) is 0 Å². The number of pyridine rings is 1. The lowest BCUT2D eigenvalue weighted by atomic mass is 9.98. The van der Waals surface area contributed by atoms with E-state index in [1.807, 2.05) is 12.3 Å². The van der Waals surface area contributed by atoms with Gasteiger partial charge in [0.15, 0.2) is 0 Å². The fourth-order valence-electron chi connectivity index (χ4n) is 2.75. The maximum Gasteiger partial charge on any atom is 0.0573 e. The number of hydrogen-bond acceptors (Lipinski definition) is 3. The maximum atomic E-state index is 4.55. The highest BCUT2D eigenvalue weighted by Crippen LogP contribution is 2.21.